The van der Waals surface area contributed by atoms with Crippen molar-refractivity contribution >= 4 is 6.09 Å². The van der Waals surface area contributed by atoms with Crippen molar-refractivity contribution in [3.05, 3.63) is 0 Å². The van der Waals surface area contributed by atoms with E-state index in [1.807, 2.05) is 20.8 Å². The maximum absolute atomic E-state index is 11.6. The van der Waals surface area contributed by atoms with E-state index in [4.69, 9.17) is 10.5 Å². The Morgan fingerprint density at radius 2 is 1.80 bits per heavy atom. The van der Waals surface area contributed by atoms with Crippen molar-refractivity contribution < 1.29 is 9.53 Å². The van der Waals surface area contributed by atoms with E-state index in [9.17, 15) is 4.79 Å². The zero-order chi connectivity index (χ0) is 15.6. The monoisotopic (exact) mass is 287 g/mol. The summed E-state index contributed by atoms with van der Waals surface area (Å²) in [5.41, 5.74) is 5.42. The van der Waals surface area contributed by atoms with Gasteiger partial charge in [0, 0.05) is 19.1 Å². The Bertz CT molecular complexity index is 258. The molecule has 0 aliphatic rings. The number of nitrogens with one attached hydrogen (secondary N) is 1. The molecule has 0 heterocycles. The number of ether oxygens (including phenoxy) is 1. The molecule has 3 N–H and O–H groups in total. The van der Waals surface area contributed by atoms with Crippen molar-refractivity contribution in [3.63, 3.8) is 0 Å². The van der Waals surface area contributed by atoms with Crippen LogP contribution in [0.4, 0.5) is 4.79 Å². The molecule has 0 saturated heterocycles. The molecule has 0 aromatic heterocycles. The minimum Gasteiger partial charge on any atom is -0.444 e. The lowest BCUT2D eigenvalue weighted by Gasteiger charge is -2.30. The highest BCUT2D eigenvalue weighted by molar-refractivity contribution is 5.67. The number of amides is 1. The van der Waals surface area contributed by atoms with Gasteiger partial charge in [0.05, 0.1) is 0 Å². The molecule has 0 aliphatic heterocycles. The lowest BCUT2D eigenvalue weighted by molar-refractivity contribution is 0.0522. The summed E-state index contributed by atoms with van der Waals surface area (Å²) < 4.78 is 5.21. The van der Waals surface area contributed by atoms with Gasteiger partial charge < -0.3 is 15.8 Å². The van der Waals surface area contributed by atoms with Crippen LogP contribution in [-0.2, 0) is 4.74 Å². The minimum absolute atomic E-state index is 0.324. The first-order valence-corrected chi connectivity index (χ1v) is 7.75. The average Bonchev–Trinajstić information content (AvgIpc) is 2.32. The number of hydrogen-bond acceptors (Lipinski definition) is 4. The van der Waals surface area contributed by atoms with Crippen LogP contribution in [0.25, 0.3) is 0 Å². The Morgan fingerprint density at radius 1 is 1.25 bits per heavy atom. The van der Waals surface area contributed by atoms with Crippen molar-refractivity contribution in [3.8, 4) is 0 Å². The van der Waals surface area contributed by atoms with E-state index in [1.165, 1.54) is 0 Å². The molecule has 20 heavy (non-hydrogen) atoms. The van der Waals surface area contributed by atoms with Crippen LogP contribution in [0.2, 0.25) is 0 Å². The lowest BCUT2D eigenvalue weighted by Crippen LogP contribution is -2.44. The SMILES string of the molecule is CCCN(CCC)C(CN)CCNC(=O)OC(C)(C)C. The van der Waals surface area contributed by atoms with Crippen molar-refractivity contribution in [2.24, 2.45) is 5.73 Å². The van der Waals surface area contributed by atoms with Crippen LogP contribution in [0.5, 0.6) is 0 Å². The molecule has 120 valence electrons. The summed E-state index contributed by atoms with van der Waals surface area (Å²) in [5.74, 6) is 0. The predicted octanol–water partition coefficient (Wildman–Crippen LogP) is 2.35. The molecule has 1 atom stereocenters. The number of carbonyl (C=O) groups excluding carboxylic acids is 1. The van der Waals surface area contributed by atoms with Gasteiger partial charge in [-0.15, -0.1) is 0 Å². The quantitative estimate of drug-likeness (QED) is 0.683. The first-order chi connectivity index (χ1) is 9.34. The summed E-state index contributed by atoms with van der Waals surface area (Å²) in [4.78, 5) is 14.0. The van der Waals surface area contributed by atoms with Crippen LogP contribution in [0, 0.1) is 0 Å². The van der Waals surface area contributed by atoms with Crippen LogP contribution >= 0.6 is 0 Å². The third kappa shape index (κ3) is 9.15. The van der Waals surface area contributed by atoms with Crippen LogP contribution in [0.3, 0.4) is 0 Å². The van der Waals surface area contributed by atoms with Crippen molar-refractivity contribution in [2.45, 2.75) is 65.5 Å². The molecule has 0 aliphatic carbocycles. The van der Waals surface area contributed by atoms with Gasteiger partial charge in [-0.1, -0.05) is 13.8 Å². The highest BCUT2D eigenvalue weighted by Gasteiger charge is 2.18. The Kier molecular flexibility index (Phi) is 9.59. The van der Waals surface area contributed by atoms with Gasteiger partial charge in [0.1, 0.15) is 5.60 Å². The molecule has 5 heteroatoms. The van der Waals surface area contributed by atoms with Gasteiger partial charge in [-0.2, -0.15) is 0 Å². The van der Waals surface area contributed by atoms with E-state index < -0.39 is 5.60 Å². The highest BCUT2D eigenvalue weighted by atomic mass is 16.6. The summed E-state index contributed by atoms with van der Waals surface area (Å²) in [6.45, 7) is 13.3. The Balaban J connectivity index is 4.13. The zero-order valence-electron chi connectivity index (χ0n) is 13.9. The molecule has 0 radical (unpaired) electrons. The Morgan fingerprint density at radius 3 is 2.20 bits per heavy atom. The number of alkyl carbamates (subject to hydrolysis) is 1. The normalized spacial score (nSPS) is 13.3. The second-order valence-corrected chi connectivity index (χ2v) is 6.14. The van der Waals surface area contributed by atoms with Gasteiger partial charge >= 0.3 is 6.09 Å². The molecule has 0 fully saturated rings. The molecule has 0 bridgehead atoms. The maximum Gasteiger partial charge on any atom is 0.407 e. The van der Waals surface area contributed by atoms with Crippen molar-refractivity contribution in [1.29, 1.82) is 0 Å². The van der Waals surface area contributed by atoms with Crippen molar-refractivity contribution in [1.82, 2.24) is 10.2 Å². The van der Waals surface area contributed by atoms with Gasteiger partial charge in [-0.25, -0.2) is 4.79 Å². The fourth-order valence-electron chi connectivity index (χ4n) is 2.16. The maximum atomic E-state index is 11.6. The molecule has 0 aromatic carbocycles. The fraction of sp³-hybridized carbons (Fsp3) is 0.933. The molecule has 0 spiro atoms. The number of nitrogens with zero attached hydrogens (tertiary/aromatic N) is 1. The Labute approximate surface area is 124 Å². The smallest absolute Gasteiger partial charge is 0.407 e. The van der Waals surface area contributed by atoms with E-state index >= 15 is 0 Å². The highest BCUT2D eigenvalue weighted by Crippen LogP contribution is 2.08. The molecular weight excluding hydrogens is 254 g/mol. The van der Waals surface area contributed by atoms with Gasteiger partial charge in [0.25, 0.3) is 0 Å². The fourth-order valence-corrected chi connectivity index (χ4v) is 2.16. The Hall–Kier alpha value is -0.810. The van der Waals surface area contributed by atoms with E-state index in [2.05, 4.69) is 24.1 Å². The summed E-state index contributed by atoms with van der Waals surface area (Å²) >= 11 is 0. The van der Waals surface area contributed by atoms with E-state index in [0.717, 1.165) is 32.4 Å². The van der Waals surface area contributed by atoms with E-state index in [-0.39, 0.29) is 6.09 Å². The second kappa shape index (κ2) is 10.00. The van der Waals surface area contributed by atoms with Gasteiger partial charge in [-0.3, -0.25) is 4.90 Å². The summed E-state index contributed by atoms with van der Waals surface area (Å²) in [6, 6.07) is 0.324. The minimum atomic E-state index is -0.451. The third-order valence-electron chi connectivity index (χ3n) is 2.96. The zero-order valence-corrected chi connectivity index (χ0v) is 13.9. The van der Waals surface area contributed by atoms with Gasteiger partial charge in [0.2, 0.25) is 0 Å². The standard InChI is InChI=1S/C15H33N3O2/c1-6-10-18(11-7-2)13(12-16)8-9-17-14(19)20-15(3,4)5/h13H,6-12,16H2,1-5H3,(H,17,19). The molecule has 1 amide bonds. The van der Waals surface area contributed by atoms with Gasteiger partial charge in [0.15, 0.2) is 0 Å². The molecule has 0 saturated carbocycles. The first-order valence-electron chi connectivity index (χ1n) is 7.75. The van der Waals surface area contributed by atoms with Gasteiger partial charge in [-0.05, 0) is 53.1 Å². The number of nitrogens with two attached hydrogens (primary N) is 1. The largest absolute Gasteiger partial charge is 0.444 e. The van der Waals surface area contributed by atoms with Crippen LogP contribution in [-0.4, -0.2) is 48.8 Å². The molecule has 0 rings (SSSR count). The number of hydrogen-bond donors (Lipinski definition) is 2. The first kappa shape index (κ1) is 19.2. The van der Waals surface area contributed by atoms with Crippen molar-refractivity contribution in [2.75, 3.05) is 26.2 Å². The molecular formula is C15H33N3O2. The summed E-state index contributed by atoms with van der Waals surface area (Å²) in [5, 5.41) is 2.80. The number of carbonyl (C=O) groups is 1. The molecule has 5 nitrogen and oxygen atoms in total. The molecule has 1 unspecified atom stereocenters. The average molecular weight is 287 g/mol. The van der Waals surface area contributed by atoms with E-state index in [0.29, 0.717) is 19.1 Å². The van der Waals surface area contributed by atoms with E-state index in [1.54, 1.807) is 0 Å². The van der Waals surface area contributed by atoms with Crippen LogP contribution < -0.4 is 11.1 Å². The van der Waals surface area contributed by atoms with Crippen LogP contribution in [0.1, 0.15) is 53.9 Å². The second-order valence-electron chi connectivity index (χ2n) is 6.14. The predicted molar refractivity (Wildman–Crippen MR) is 83.9 cm³/mol. The topological polar surface area (TPSA) is 67.6 Å². The van der Waals surface area contributed by atoms with Crippen LogP contribution in [0.15, 0.2) is 0 Å². The third-order valence-corrected chi connectivity index (χ3v) is 2.96. The molecule has 0 aromatic rings. The number of rotatable bonds is 9. The summed E-state index contributed by atoms with van der Waals surface area (Å²) in [6.07, 6.45) is 2.74. The summed E-state index contributed by atoms with van der Waals surface area (Å²) in [7, 11) is 0. The lowest BCUT2D eigenvalue weighted by atomic mass is 10.1.